The molecule has 2 aromatic carbocycles. The van der Waals surface area contributed by atoms with Gasteiger partial charge in [0.1, 0.15) is 6.54 Å². The van der Waals surface area contributed by atoms with Gasteiger partial charge in [0.25, 0.3) is 5.91 Å². The number of rotatable bonds is 8. The maximum Gasteiger partial charge on any atom is 0.275 e. The van der Waals surface area contributed by atoms with Gasteiger partial charge in [0, 0.05) is 5.56 Å². The van der Waals surface area contributed by atoms with Crippen LogP contribution in [0.1, 0.15) is 18.1 Å². The summed E-state index contributed by atoms with van der Waals surface area (Å²) in [7, 11) is 1.90. The summed E-state index contributed by atoms with van der Waals surface area (Å²) in [5.74, 6) is -0.227. The van der Waals surface area contributed by atoms with Crippen LogP contribution >= 0.6 is 23.2 Å². The van der Waals surface area contributed by atoms with E-state index in [4.69, 9.17) is 23.2 Å². The van der Waals surface area contributed by atoms with E-state index in [0.717, 1.165) is 16.0 Å². The van der Waals surface area contributed by atoms with Crippen LogP contribution in [0.4, 0.5) is 0 Å². The van der Waals surface area contributed by atoms with Gasteiger partial charge in [-0.2, -0.15) is 0 Å². The molecule has 0 saturated heterocycles. The van der Waals surface area contributed by atoms with Crippen molar-refractivity contribution in [1.82, 2.24) is 5.32 Å². The van der Waals surface area contributed by atoms with Crippen molar-refractivity contribution in [2.24, 2.45) is 0 Å². The Kier molecular flexibility index (Phi) is 7.64. The topological polar surface area (TPSA) is 50.6 Å². The van der Waals surface area contributed by atoms with E-state index in [1.807, 2.05) is 49.5 Å². The Morgan fingerprint density at radius 2 is 1.77 bits per heavy atom. The lowest BCUT2D eigenvalue weighted by atomic mass is 10.0. The molecule has 1 amide bonds. The van der Waals surface area contributed by atoms with Gasteiger partial charge in [-0.3, -0.25) is 9.59 Å². The Morgan fingerprint density at radius 3 is 2.42 bits per heavy atom. The number of hydrogen-bond donors (Lipinski definition) is 2. The maximum absolute atomic E-state index is 12.4. The lowest BCUT2D eigenvalue weighted by Crippen LogP contribution is -3.09. The second-order valence-corrected chi connectivity index (χ2v) is 7.23. The van der Waals surface area contributed by atoms with Crippen LogP contribution in [0.5, 0.6) is 0 Å². The van der Waals surface area contributed by atoms with Gasteiger partial charge in [0.15, 0.2) is 12.3 Å². The third-order valence-electron chi connectivity index (χ3n) is 4.09. The number of Topliss-reactive ketones (excluding diaryl/α,β-unsaturated/α-hetero) is 1. The Bertz CT molecular complexity index is 766. The fraction of sp³-hybridized carbons (Fsp3) is 0.300. The van der Waals surface area contributed by atoms with E-state index >= 15 is 0 Å². The zero-order valence-electron chi connectivity index (χ0n) is 14.9. The first kappa shape index (κ1) is 20.4. The number of ketones is 1. The molecule has 0 bridgehead atoms. The molecule has 0 radical (unpaired) electrons. The van der Waals surface area contributed by atoms with Gasteiger partial charge in [0.05, 0.1) is 23.1 Å². The third kappa shape index (κ3) is 6.13. The van der Waals surface area contributed by atoms with Crippen molar-refractivity contribution in [3.05, 3.63) is 69.7 Å². The van der Waals surface area contributed by atoms with Crippen molar-refractivity contribution >= 4 is 34.9 Å². The summed E-state index contributed by atoms with van der Waals surface area (Å²) >= 11 is 12.2. The van der Waals surface area contributed by atoms with E-state index in [1.165, 1.54) is 6.92 Å². The minimum absolute atomic E-state index is 0.0576. The van der Waals surface area contributed by atoms with E-state index in [9.17, 15) is 9.59 Å². The van der Waals surface area contributed by atoms with Crippen LogP contribution < -0.4 is 10.2 Å². The molecule has 0 fully saturated rings. The van der Waals surface area contributed by atoms with Crippen LogP contribution in [0.3, 0.4) is 0 Å². The minimum atomic E-state index is -0.521. The average molecular weight is 394 g/mol. The second-order valence-electron chi connectivity index (χ2n) is 6.44. The predicted octanol–water partition coefficient (Wildman–Crippen LogP) is 2.32. The molecule has 6 heteroatoms. The summed E-state index contributed by atoms with van der Waals surface area (Å²) in [6.45, 7) is 2.30. The molecule has 2 N–H and O–H groups in total. The van der Waals surface area contributed by atoms with Crippen molar-refractivity contribution in [1.29, 1.82) is 0 Å². The number of hydrogen-bond acceptors (Lipinski definition) is 2. The Labute approximate surface area is 164 Å². The molecular formula is C20H23Cl2N2O2+. The quantitative estimate of drug-likeness (QED) is 0.722. The van der Waals surface area contributed by atoms with Crippen LogP contribution in [0.2, 0.25) is 10.0 Å². The van der Waals surface area contributed by atoms with Gasteiger partial charge in [-0.05, 0) is 25.0 Å². The zero-order chi connectivity index (χ0) is 19.1. The summed E-state index contributed by atoms with van der Waals surface area (Å²) in [5, 5.41) is 3.85. The van der Waals surface area contributed by atoms with Gasteiger partial charge in [-0.25, -0.2) is 0 Å². The van der Waals surface area contributed by atoms with Gasteiger partial charge < -0.3 is 10.2 Å². The van der Waals surface area contributed by atoms with Crippen LogP contribution in [-0.2, 0) is 22.6 Å². The number of carbonyl (C=O) groups is 2. The van der Waals surface area contributed by atoms with Gasteiger partial charge in [-0.1, -0.05) is 65.7 Å². The van der Waals surface area contributed by atoms with Crippen LogP contribution in [0.25, 0.3) is 0 Å². The summed E-state index contributed by atoms with van der Waals surface area (Å²) in [6.07, 6.45) is 0.487. The highest BCUT2D eigenvalue weighted by atomic mass is 35.5. The molecule has 1 unspecified atom stereocenters. The normalized spacial score (nSPS) is 13.1. The van der Waals surface area contributed by atoms with Crippen molar-refractivity contribution < 1.29 is 14.5 Å². The molecule has 2 aromatic rings. The standard InChI is InChI=1S/C20H22Cl2N2O2/c1-14(25)18(11-15-7-4-3-5-8-15)23-19(26)13-24(2)12-16-9-6-10-17(21)20(16)22/h3-10,18H,11-13H2,1-2H3,(H,23,26)/p+1/t18-/m0/s1. The summed E-state index contributed by atoms with van der Waals surface area (Å²) < 4.78 is 0. The molecular weight excluding hydrogens is 371 g/mol. The highest BCUT2D eigenvalue weighted by Gasteiger charge is 2.20. The highest BCUT2D eigenvalue weighted by molar-refractivity contribution is 6.42. The van der Waals surface area contributed by atoms with Crippen molar-refractivity contribution in [3.8, 4) is 0 Å². The molecule has 26 heavy (non-hydrogen) atoms. The minimum Gasteiger partial charge on any atom is -0.341 e. The van der Waals surface area contributed by atoms with E-state index in [2.05, 4.69) is 5.32 Å². The molecule has 4 nitrogen and oxygen atoms in total. The number of benzene rings is 2. The monoisotopic (exact) mass is 393 g/mol. The fourth-order valence-electron chi connectivity index (χ4n) is 2.74. The number of nitrogens with one attached hydrogen (secondary N) is 2. The highest BCUT2D eigenvalue weighted by Crippen LogP contribution is 2.24. The Balaban J connectivity index is 1.92. The molecule has 2 atom stereocenters. The lowest BCUT2D eigenvalue weighted by molar-refractivity contribution is -0.885. The summed E-state index contributed by atoms with van der Waals surface area (Å²) in [4.78, 5) is 25.2. The van der Waals surface area contributed by atoms with E-state index in [-0.39, 0.29) is 18.2 Å². The van der Waals surface area contributed by atoms with Crippen molar-refractivity contribution in [3.63, 3.8) is 0 Å². The summed E-state index contributed by atoms with van der Waals surface area (Å²) in [5.41, 5.74) is 1.90. The lowest BCUT2D eigenvalue weighted by Gasteiger charge is -2.19. The second kappa shape index (κ2) is 9.72. The first-order chi connectivity index (χ1) is 12.4. The Morgan fingerprint density at radius 1 is 1.08 bits per heavy atom. The van der Waals surface area contributed by atoms with E-state index < -0.39 is 6.04 Å². The van der Waals surface area contributed by atoms with E-state index in [0.29, 0.717) is 23.0 Å². The van der Waals surface area contributed by atoms with Crippen LogP contribution in [0.15, 0.2) is 48.5 Å². The fourth-order valence-corrected chi connectivity index (χ4v) is 3.13. The SMILES string of the molecule is CC(=O)[C@H](Cc1ccccc1)NC(=O)C[NH+](C)Cc1cccc(Cl)c1Cl. The van der Waals surface area contributed by atoms with Crippen LogP contribution in [0, 0.1) is 0 Å². The van der Waals surface area contributed by atoms with Crippen molar-refractivity contribution in [2.45, 2.75) is 25.9 Å². The van der Waals surface area contributed by atoms with Crippen LogP contribution in [-0.4, -0.2) is 31.3 Å². The first-order valence-electron chi connectivity index (χ1n) is 8.44. The zero-order valence-corrected chi connectivity index (χ0v) is 16.4. The summed E-state index contributed by atoms with van der Waals surface area (Å²) in [6, 6.07) is 14.6. The number of likely N-dealkylation sites (N-methyl/N-ethyl adjacent to an activating group) is 1. The third-order valence-corrected chi connectivity index (χ3v) is 4.95. The van der Waals surface area contributed by atoms with E-state index in [1.54, 1.807) is 6.07 Å². The smallest absolute Gasteiger partial charge is 0.275 e. The maximum atomic E-state index is 12.4. The molecule has 138 valence electrons. The van der Waals surface area contributed by atoms with Crippen molar-refractivity contribution in [2.75, 3.05) is 13.6 Å². The average Bonchev–Trinajstić information content (AvgIpc) is 2.59. The molecule has 0 heterocycles. The van der Waals surface area contributed by atoms with Gasteiger partial charge in [0.2, 0.25) is 0 Å². The Hall–Kier alpha value is -1.88. The number of amides is 1. The first-order valence-corrected chi connectivity index (χ1v) is 9.20. The number of halogens is 2. The molecule has 2 rings (SSSR count). The molecule has 0 spiro atoms. The number of quaternary nitrogens is 1. The molecule has 0 aliphatic rings. The number of carbonyl (C=O) groups excluding carboxylic acids is 2. The molecule has 0 aromatic heterocycles. The predicted molar refractivity (Wildman–Crippen MR) is 105 cm³/mol. The molecule has 0 saturated carbocycles. The molecule has 0 aliphatic heterocycles. The van der Waals surface area contributed by atoms with Gasteiger partial charge >= 0.3 is 0 Å². The van der Waals surface area contributed by atoms with Gasteiger partial charge in [-0.15, -0.1) is 0 Å². The molecule has 0 aliphatic carbocycles. The largest absolute Gasteiger partial charge is 0.341 e.